The fraction of sp³-hybridized carbons (Fsp3) is 0.417. The molecule has 0 saturated heterocycles. The summed E-state index contributed by atoms with van der Waals surface area (Å²) in [7, 11) is 0. The van der Waals surface area contributed by atoms with Crippen LogP contribution in [0.4, 0.5) is 0 Å². The van der Waals surface area contributed by atoms with Gasteiger partial charge in [0.2, 0.25) is 0 Å². The molecule has 0 atom stereocenters. The van der Waals surface area contributed by atoms with E-state index in [4.69, 9.17) is 10.1 Å². The molecular weight excluding hydrogens is 174 g/mol. The van der Waals surface area contributed by atoms with E-state index in [1.807, 2.05) is 45.0 Å². The quantitative estimate of drug-likeness (QED) is 0.715. The first kappa shape index (κ1) is 10.8. The fourth-order valence-electron chi connectivity index (χ4n) is 1.13. The number of benzene rings is 1. The van der Waals surface area contributed by atoms with Gasteiger partial charge >= 0.3 is 0 Å². The zero-order valence-corrected chi connectivity index (χ0v) is 9.22. The predicted molar refractivity (Wildman–Crippen MR) is 59.3 cm³/mol. The van der Waals surface area contributed by atoms with Crippen molar-refractivity contribution in [3.05, 3.63) is 29.8 Å². The second kappa shape index (κ2) is 3.82. The summed E-state index contributed by atoms with van der Waals surface area (Å²) in [6.45, 7) is 7.83. The Balaban J connectivity index is 2.79. The third-order valence-corrected chi connectivity index (χ3v) is 1.71. The van der Waals surface area contributed by atoms with Crippen molar-refractivity contribution in [2.45, 2.75) is 33.3 Å². The Labute approximate surface area is 85.4 Å². The van der Waals surface area contributed by atoms with E-state index < -0.39 is 0 Å². The summed E-state index contributed by atoms with van der Waals surface area (Å²) in [6.07, 6.45) is 0. The highest BCUT2D eigenvalue weighted by atomic mass is 16.5. The maximum Gasteiger partial charge on any atom is 0.120 e. The van der Waals surface area contributed by atoms with Gasteiger partial charge in [-0.25, -0.2) is 0 Å². The van der Waals surface area contributed by atoms with Crippen LogP contribution in [0.3, 0.4) is 0 Å². The van der Waals surface area contributed by atoms with Crippen molar-refractivity contribution in [2.75, 3.05) is 0 Å². The van der Waals surface area contributed by atoms with Gasteiger partial charge in [-0.15, -0.1) is 0 Å². The van der Waals surface area contributed by atoms with E-state index in [0.717, 1.165) is 11.3 Å². The number of hydrogen-bond donors (Lipinski definition) is 1. The Morgan fingerprint density at radius 3 is 2.00 bits per heavy atom. The van der Waals surface area contributed by atoms with E-state index in [2.05, 4.69) is 0 Å². The molecule has 1 aromatic carbocycles. The summed E-state index contributed by atoms with van der Waals surface area (Å²) >= 11 is 0. The van der Waals surface area contributed by atoms with Crippen LogP contribution in [0.25, 0.3) is 0 Å². The first-order chi connectivity index (χ1) is 6.38. The van der Waals surface area contributed by atoms with E-state index in [1.165, 1.54) is 0 Å². The Kier molecular flexibility index (Phi) is 2.94. The molecule has 2 heteroatoms. The maximum atomic E-state index is 7.44. The molecule has 0 fully saturated rings. The molecule has 1 rings (SSSR count). The van der Waals surface area contributed by atoms with Gasteiger partial charge in [0.05, 0.1) is 0 Å². The number of rotatable bonds is 2. The van der Waals surface area contributed by atoms with Crippen LogP contribution in [0, 0.1) is 5.41 Å². The van der Waals surface area contributed by atoms with Crippen molar-refractivity contribution in [1.29, 1.82) is 5.41 Å². The molecule has 14 heavy (non-hydrogen) atoms. The Hall–Kier alpha value is -1.31. The zero-order valence-electron chi connectivity index (χ0n) is 9.22. The summed E-state index contributed by atoms with van der Waals surface area (Å²) < 4.78 is 5.67. The van der Waals surface area contributed by atoms with Gasteiger partial charge in [0.25, 0.3) is 0 Å². The lowest BCUT2D eigenvalue weighted by Gasteiger charge is -2.21. The molecule has 0 saturated carbocycles. The van der Waals surface area contributed by atoms with E-state index in [9.17, 15) is 0 Å². The molecule has 0 aromatic heterocycles. The normalized spacial score (nSPS) is 11.1. The lowest BCUT2D eigenvalue weighted by Crippen LogP contribution is -2.22. The maximum absolute atomic E-state index is 7.44. The fourth-order valence-corrected chi connectivity index (χ4v) is 1.13. The molecule has 0 amide bonds. The van der Waals surface area contributed by atoms with Crippen molar-refractivity contribution in [3.63, 3.8) is 0 Å². The minimum Gasteiger partial charge on any atom is -0.488 e. The summed E-state index contributed by atoms with van der Waals surface area (Å²) in [5, 5.41) is 7.44. The van der Waals surface area contributed by atoms with Crippen molar-refractivity contribution >= 4 is 5.71 Å². The van der Waals surface area contributed by atoms with Crippen LogP contribution < -0.4 is 4.74 Å². The monoisotopic (exact) mass is 191 g/mol. The molecule has 0 unspecified atom stereocenters. The molecule has 0 aliphatic heterocycles. The van der Waals surface area contributed by atoms with Crippen LogP contribution in [-0.4, -0.2) is 11.3 Å². The summed E-state index contributed by atoms with van der Waals surface area (Å²) in [4.78, 5) is 0. The average Bonchev–Trinajstić information content (AvgIpc) is 2.02. The van der Waals surface area contributed by atoms with Gasteiger partial charge < -0.3 is 10.1 Å². The third-order valence-electron chi connectivity index (χ3n) is 1.71. The third kappa shape index (κ3) is 3.21. The van der Waals surface area contributed by atoms with E-state index in [1.54, 1.807) is 6.92 Å². The highest BCUT2D eigenvalue weighted by Gasteiger charge is 2.11. The zero-order chi connectivity index (χ0) is 10.8. The van der Waals surface area contributed by atoms with Crippen LogP contribution in [0.15, 0.2) is 24.3 Å². The summed E-state index contributed by atoms with van der Waals surface area (Å²) in [5.41, 5.74) is 1.35. The number of ether oxygens (including phenoxy) is 1. The molecule has 0 aliphatic rings. The van der Waals surface area contributed by atoms with E-state index >= 15 is 0 Å². The van der Waals surface area contributed by atoms with Crippen LogP contribution in [0.1, 0.15) is 33.3 Å². The van der Waals surface area contributed by atoms with Gasteiger partial charge in [-0.05, 0) is 57.5 Å². The smallest absolute Gasteiger partial charge is 0.120 e. The van der Waals surface area contributed by atoms with Crippen LogP contribution in [-0.2, 0) is 0 Å². The number of hydrogen-bond acceptors (Lipinski definition) is 2. The van der Waals surface area contributed by atoms with Gasteiger partial charge in [-0.1, -0.05) is 0 Å². The molecule has 76 valence electrons. The molecule has 2 nitrogen and oxygen atoms in total. The van der Waals surface area contributed by atoms with Crippen LogP contribution >= 0.6 is 0 Å². The van der Waals surface area contributed by atoms with E-state index in [0.29, 0.717) is 5.71 Å². The molecule has 0 radical (unpaired) electrons. The summed E-state index contributed by atoms with van der Waals surface area (Å²) in [6, 6.07) is 7.62. The van der Waals surface area contributed by atoms with Crippen LogP contribution in [0.5, 0.6) is 5.75 Å². The average molecular weight is 191 g/mol. The first-order valence-corrected chi connectivity index (χ1v) is 4.73. The lowest BCUT2D eigenvalue weighted by molar-refractivity contribution is 0.131. The Morgan fingerprint density at radius 1 is 1.14 bits per heavy atom. The molecule has 1 N–H and O–H groups in total. The van der Waals surface area contributed by atoms with Crippen molar-refractivity contribution in [3.8, 4) is 5.75 Å². The molecule has 0 heterocycles. The van der Waals surface area contributed by atoms with Gasteiger partial charge in [0.15, 0.2) is 0 Å². The second-order valence-electron chi connectivity index (χ2n) is 4.36. The van der Waals surface area contributed by atoms with Gasteiger partial charge in [0, 0.05) is 5.71 Å². The highest BCUT2D eigenvalue weighted by Crippen LogP contribution is 2.18. The molecule has 0 aliphatic carbocycles. The lowest BCUT2D eigenvalue weighted by atomic mass is 10.1. The Bertz CT molecular complexity index is 319. The minimum absolute atomic E-state index is 0.165. The molecule has 0 spiro atoms. The minimum atomic E-state index is -0.165. The van der Waals surface area contributed by atoms with Crippen molar-refractivity contribution in [2.24, 2.45) is 0 Å². The number of nitrogens with one attached hydrogen (secondary N) is 1. The molecule has 1 aromatic rings. The first-order valence-electron chi connectivity index (χ1n) is 4.73. The van der Waals surface area contributed by atoms with Gasteiger partial charge in [0.1, 0.15) is 11.4 Å². The standard InChI is InChI=1S/C12H17NO/c1-9(13)10-5-7-11(8-6-10)14-12(2,3)4/h5-8,13H,1-4H3. The SMILES string of the molecule is CC(=N)c1ccc(OC(C)(C)C)cc1. The Morgan fingerprint density at radius 2 is 1.64 bits per heavy atom. The molecular formula is C12H17NO. The van der Waals surface area contributed by atoms with E-state index in [-0.39, 0.29) is 5.60 Å². The van der Waals surface area contributed by atoms with Crippen molar-refractivity contribution in [1.82, 2.24) is 0 Å². The predicted octanol–water partition coefficient (Wildman–Crippen LogP) is 3.25. The largest absolute Gasteiger partial charge is 0.488 e. The van der Waals surface area contributed by atoms with Crippen LogP contribution in [0.2, 0.25) is 0 Å². The topological polar surface area (TPSA) is 33.1 Å². The summed E-state index contributed by atoms with van der Waals surface area (Å²) in [5.74, 6) is 0.850. The van der Waals surface area contributed by atoms with Gasteiger partial charge in [-0.3, -0.25) is 0 Å². The molecule has 0 bridgehead atoms. The van der Waals surface area contributed by atoms with Crippen molar-refractivity contribution < 1.29 is 4.74 Å². The second-order valence-corrected chi connectivity index (χ2v) is 4.36. The highest BCUT2D eigenvalue weighted by molar-refractivity contribution is 5.96. The van der Waals surface area contributed by atoms with Gasteiger partial charge in [-0.2, -0.15) is 0 Å².